The molecule has 1 rings (SSSR count). The van der Waals surface area contributed by atoms with Gasteiger partial charge >= 0.3 is 11.9 Å². The van der Waals surface area contributed by atoms with Gasteiger partial charge in [-0.2, -0.15) is 0 Å². The Labute approximate surface area is 104 Å². The van der Waals surface area contributed by atoms with Crippen LogP contribution in [0, 0.1) is 5.82 Å². The molecular formula is C12H14FNO4. The Bertz CT molecular complexity index is 419. The van der Waals surface area contributed by atoms with Crippen LogP contribution >= 0.6 is 0 Å². The SMILES string of the molecule is CCOC(=O)C(=O)NCC(O)c1ccc(F)cc1. The fourth-order valence-corrected chi connectivity index (χ4v) is 1.26. The molecule has 18 heavy (non-hydrogen) atoms. The number of aliphatic hydroxyl groups excluding tert-OH is 1. The summed E-state index contributed by atoms with van der Waals surface area (Å²) in [6.45, 7) is 1.54. The fourth-order valence-electron chi connectivity index (χ4n) is 1.26. The van der Waals surface area contributed by atoms with E-state index in [1.807, 2.05) is 0 Å². The maximum absolute atomic E-state index is 12.6. The summed E-state index contributed by atoms with van der Waals surface area (Å²) >= 11 is 0. The van der Waals surface area contributed by atoms with Crippen molar-refractivity contribution < 1.29 is 23.8 Å². The van der Waals surface area contributed by atoms with E-state index in [4.69, 9.17) is 0 Å². The molecule has 0 saturated carbocycles. The van der Waals surface area contributed by atoms with E-state index in [-0.39, 0.29) is 13.2 Å². The second-order valence-corrected chi connectivity index (χ2v) is 3.50. The van der Waals surface area contributed by atoms with E-state index < -0.39 is 23.8 Å². The van der Waals surface area contributed by atoms with Crippen LogP contribution in [0.15, 0.2) is 24.3 Å². The molecule has 2 N–H and O–H groups in total. The number of hydrogen-bond donors (Lipinski definition) is 2. The summed E-state index contributed by atoms with van der Waals surface area (Å²) in [5, 5.41) is 11.9. The van der Waals surface area contributed by atoms with E-state index in [0.29, 0.717) is 5.56 Å². The summed E-state index contributed by atoms with van der Waals surface area (Å²) in [7, 11) is 0. The molecule has 0 bridgehead atoms. The van der Waals surface area contributed by atoms with Gasteiger partial charge in [0.05, 0.1) is 12.7 Å². The summed E-state index contributed by atoms with van der Waals surface area (Å²) in [5.74, 6) is -2.33. The van der Waals surface area contributed by atoms with Crippen LogP contribution in [-0.4, -0.2) is 30.1 Å². The zero-order valence-corrected chi connectivity index (χ0v) is 9.85. The van der Waals surface area contributed by atoms with Crippen LogP contribution in [0.3, 0.4) is 0 Å². The maximum Gasteiger partial charge on any atom is 0.396 e. The average molecular weight is 255 g/mol. The highest BCUT2D eigenvalue weighted by Gasteiger charge is 2.16. The molecule has 0 aromatic heterocycles. The lowest BCUT2D eigenvalue weighted by atomic mass is 10.1. The first kappa shape index (κ1) is 14.1. The van der Waals surface area contributed by atoms with Crippen molar-refractivity contribution in [1.29, 1.82) is 0 Å². The first-order chi connectivity index (χ1) is 8.54. The normalized spacial score (nSPS) is 11.7. The average Bonchev–Trinajstić information content (AvgIpc) is 2.36. The smallest absolute Gasteiger partial charge is 0.396 e. The molecule has 5 nitrogen and oxygen atoms in total. The summed E-state index contributed by atoms with van der Waals surface area (Å²) in [6, 6.07) is 5.20. The van der Waals surface area contributed by atoms with E-state index >= 15 is 0 Å². The molecule has 1 aromatic rings. The summed E-state index contributed by atoms with van der Waals surface area (Å²) in [6.07, 6.45) is -1.01. The number of nitrogens with one attached hydrogen (secondary N) is 1. The number of rotatable bonds is 4. The lowest BCUT2D eigenvalue weighted by Gasteiger charge is -2.11. The zero-order valence-electron chi connectivity index (χ0n) is 9.85. The molecule has 1 unspecified atom stereocenters. The monoisotopic (exact) mass is 255 g/mol. The summed E-state index contributed by atoms with van der Waals surface area (Å²) < 4.78 is 17.1. The van der Waals surface area contributed by atoms with E-state index in [9.17, 15) is 19.1 Å². The molecular weight excluding hydrogens is 241 g/mol. The van der Waals surface area contributed by atoms with Crippen LogP contribution in [0.5, 0.6) is 0 Å². The minimum absolute atomic E-state index is 0.104. The number of ether oxygens (including phenoxy) is 1. The van der Waals surface area contributed by atoms with Crippen molar-refractivity contribution in [2.24, 2.45) is 0 Å². The molecule has 1 aromatic carbocycles. The molecule has 0 heterocycles. The molecule has 0 aliphatic rings. The Morgan fingerprint density at radius 1 is 1.39 bits per heavy atom. The third kappa shape index (κ3) is 4.14. The number of aliphatic hydroxyl groups is 1. The second kappa shape index (κ2) is 6.70. The predicted octanol–water partition coefficient (Wildman–Crippen LogP) is 0.538. The van der Waals surface area contributed by atoms with Crippen LogP contribution in [0.25, 0.3) is 0 Å². The van der Waals surface area contributed by atoms with Crippen molar-refractivity contribution in [2.45, 2.75) is 13.0 Å². The molecule has 0 radical (unpaired) electrons. The van der Waals surface area contributed by atoms with E-state index in [2.05, 4.69) is 10.1 Å². The van der Waals surface area contributed by atoms with Crippen molar-refractivity contribution in [2.75, 3.05) is 13.2 Å². The van der Waals surface area contributed by atoms with E-state index in [1.165, 1.54) is 24.3 Å². The van der Waals surface area contributed by atoms with Gasteiger partial charge < -0.3 is 15.2 Å². The molecule has 6 heteroatoms. The van der Waals surface area contributed by atoms with Crippen LogP contribution in [0.4, 0.5) is 4.39 Å². The van der Waals surface area contributed by atoms with Gasteiger partial charge in [-0.1, -0.05) is 12.1 Å². The van der Waals surface area contributed by atoms with Crippen molar-refractivity contribution in [1.82, 2.24) is 5.32 Å². The van der Waals surface area contributed by atoms with Crippen molar-refractivity contribution in [3.05, 3.63) is 35.6 Å². The lowest BCUT2D eigenvalue weighted by Crippen LogP contribution is -2.35. The number of esters is 1. The first-order valence-corrected chi connectivity index (χ1v) is 5.43. The van der Waals surface area contributed by atoms with E-state index in [0.717, 1.165) is 0 Å². The Balaban J connectivity index is 2.46. The van der Waals surface area contributed by atoms with Gasteiger partial charge in [0.2, 0.25) is 0 Å². The quantitative estimate of drug-likeness (QED) is 0.608. The molecule has 0 fully saturated rings. The van der Waals surface area contributed by atoms with Crippen LogP contribution in [0.2, 0.25) is 0 Å². The third-order valence-corrected chi connectivity index (χ3v) is 2.17. The number of carbonyl (C=O) groups excluding carboxylic acids is 2. The largest absolute Gasteiger partial charge is 0.459 e. The van der Waals surface area contributed by atoms with Gasteiger partial charge in [0.25, 0.3) is 0 Å². The zero-order chi connectivity index (χ0) is 13.5. The summed E-state index contributed by atoms with van der Waals surface area (Å²) in [5.41, 5.74) is 0.445. The van der Waals surface area contributed by atoms with Gasteiger partial charge in [0.15, 0.2) is 0 Å². The molecule has 1 atom stereocenters. The Morgan fingerprint density at radius 2 is 2.00 bits per heavy atom. The van der Waals surface area contributed by atoms with Gasteiger partial charge in [-0.3, -0.25) is 4.79 Å². The van der Waals surface area contributed by atoms with Crippen LogP contribution < -0.4 is 5.32 Å². The topological polar surface area (TPSA) is 75.6 Å². The maximum atomic E-state index is 12.6. The molecule has 98 valence electrons. The van der Waals surface area contributed by atoms with Gasteiger partial charge in [0.1, 0.15) is 5.82 Å². The number of amides is 1. The van der Waals surface area contributed by atoms with E-state index in [1.54, 1.807) is 6.92 Å². The number of hydrogen-bond acceptors (Lipinski definition) is 4. The molecule has 1 amide bonds. The predicted molar refractivity (Wildman–Crippen MR) is 61.0 cm³/mol. The molecule has 0 aliphatic heterocycles. The minimum Gasteiger partial charge on any atom is -0.459 e. The van der Waals surface area contributed by atoms with Crippen LogP contribution in [0.1, 0.15) is 18.6 Å². The highest BCUT2D eigenvalue weighted by Crippen LogP contribution is 2.12. The Kier molecular flexibility index (Phi) is 5.26. The highest BCUT2D eigenvalue weighted by molar-refractivity contribution is 6.32. The van der Waals surface area contributed by atoms with Gasteiger partial charge in [0, 0.05) is 6.54 Å². The molecule has 0 spiro atoms. The highest BCUT2D eigenvalue weighted by atomic mass is 19.1. The number of benzene rings is 1. The first-order valence-electron chi connectivity index (χ1n) is 5.43. The Hall–Kier alpha value is -1.95. The number of halogens is 1. The van der Waals surface area contributed by atoms with Gasteiger partial charge in [-0.05, 0) is 24.6 Å². The van der Waals surface area contributed by atoms with Gasteiger partial charge in [-0.25, -0.2) is 9.18 Å². The minimum atomic E-state index is -1.01. The third-order valence-electron chi connectivity index (χ3n) is 2.17. The summed E-state index contributed by atoms with van der Waals surface area (Å²) in [4.78, 5) is 22.1. The van der Waals surface area contributed by atoms with Crippen molar-refractivity contribution in [3.8, 4) is 0 Å². The van der Waals surface area contributed by atoms with Crippen molar-refractivity contribution >= 4 is 11.9 Å². The second-order valence-electron chi connectivity index (χ2n) is 3.50. The lowest BCUT2D eigenvalue weighted by molar-refractivity contribution is -0.154. The van der Waals surface area contributed by atoms with Gasteiger partial charge in [-0.15, -0.1) is 0 Å². The van der Waals surface area contributed by atoms with Crippen LogP contribution in [-0.2, 0) is 14.3 Å². The molecule has 0 aliphatic carbocycles. The standard InChI is InChI=1S/C12H14FNO4/c1-2-18-12(17)11(16)14-7-10(15)8-3-5-9(13)6-4-8/h3-6,10,15H,2,7H2,1H3,(H,14,16). The molecule has 0 saturated heterocycles. The van der Waals surface area contributed by atoms with Crippen molar-refractivity contribution in [3.63, 3.8) is 0 Å². The fraction of sp³-hybridized carbons (Fsp3) is 0.333. The number of carbonyl (C=O) groups is 2. The Morgan fingerprint density at radius 3 is 2.56 bits per heavy atom.